The summed E-state index contributed by atoms with van der Waals surface area (Å²) >= 11 is 0. The number of hydrogen-bond donors (Lipinski definition) is 1. The molecule has 1 radical (unpaired) electrons. The fourth-order valence-electron chi connectivity index (χ4n) is 0.853. The molecule has 55 valence electrons. The van der Waals surface area contributed by atoms with Crippen LogP contribution in [0, 0.1) is 6.17 Å². The van der Waals surface area contributed by atoms with Crippen molar-refractivity contribution in [1.29, 1.82) is 0 Å². The molecule has 2 heteroatoms. The predicted molar refractivity (Wildman–Crippen MR) is 40.6 cm³/mol. The highest BCUT2D eigenvalue weighted by Crippen LogP contribution is 2.02. The maximum absolute atomic E-state index is 5.68. The molecule has 0 aromatic carbocycles. The molecule has 0 heterocycles. The first-order chi connectivity index (χ1) is 4.26. The zero-order chi connectivity index (χ0) is 7.28. The lowest BCUT2D eigenvalue weighted by atomic mass is 10.3. The van der Waals surface area contributed by atoms with Gasteiger partial charge in [-0.1, -0.05) is 20.8 Å². The fourth-order valence-corrected chi connectivity index (χ4v) is 0.853. The summed E-state index contributed by atoms with van der Waals surface area (Å²) in [5, 5.41) is 0. The molecule has 0 bridgehead atoms. The molecule has 0 fully saturated rings. The molecule has 9 heavy (non-hydrogen) atoms. The normalized spacial score (nSPS) is 11.3. The van der Waals surface area contributed by atoms with E-state index in [2.05, 4.69) is 25.7 Å². The summed E-state index contributed by atoms with van der Waals surface area (Å²) in [6.07, 6.45) is 1.96. The number of hydrogen-bond acceptors (Lipinski definition) is 2. The highest BCUT2D eigenvalue weighted by molar-refractivity contribution is 4.78. The molecule has 0 rings (SSSR count). The van der Waals surface area contributed by atoms with Crippen molar-refractivity contribution in [1.82, 2.24) is 4.90 Å². The summed E-state index contributed by atoms with van der Waals surface area (Å²) in [6.45, 7) is 8.36. The minimum atomic E-state index is 0.960. The Morgan fingerprint density at radius 2 is 1.67 bits per heavy atom. The van der Waals surface area contributed by atoms with Gasteiger partial charge in [0.05, 0.1) is 0 Å². The maximum atomic E-state index is 5.68. The molecule has 0 aliphatic heterocycles. The largest absolute Gasteiger partial charge is 0.310 e. The summed E-state index contributed by atoms with van der Waals surface area (Å²) in [6, 6.07) is 0. The number of nitrogens with zero attached hydrogens (tertiary/aromatic N) is 1. The van der Waals surface area contributed by atoms with Gasteiger partial charge in [0, 0.05) is 0 Å². The molecule has 2 nitrogen and oxygen atoms in total. The van der Waals surface area contributed by atoms with Crippen LogP contribution in [0.5, 0.6) is 0 Å². The van der Waals surface area contributed by atoms with Gasteiger partial charge >= 0.3 is 0 Å². The van der Waals surface area contributed by atoms with Crippen LogP contribution >= 0.6 is 0 Å². The Hall–Kier alpha value is -0.0800. The first kappa shape index (κ1) is 8.92. The van der Waals surface area contributed by atoms with E-state index in [9.17, 15) is 0 Å². The molecule has 0 saturated carbocycles. The first-order valence-corrected chi connectivity index (χ1v) is 3.62. The van der Waals surface area contributed by atoms with Crippen LogP contribution in [-0.2, 0) is 0 Å². The van der Waals surface area contributed by atoms with E-state index in [4.69, 9.17) is 5.73 Å². The third kappa shape index (κ3) is 2.82. The van der Waals surface area contributed by atoms with E-state index < -0.39 is 0 Å². The Balaban J connectivity index is 3.50. The minimum absolute atomic E-state index is 0.960. The predicted octanol–water partition coefficient (Wildman–Crippen LogP) is 1.19. The summed E-state index contributed by atoms with van der Waals surface area (Å²) in [4.78, 5) is 2.17. The summed E-state index contributed by atoms with van der Waals surface area (Å²) in [5.74, 6) is 0. The summed E-state index contributed by atoms with van der Waals surface area (Å²) < 4.78 is 0. The smallest absolute Gasteiger partial charge is 0.101 e. The van der Waals surface area contributed by atoms with Crippen molar-refractivity contribution in [2.45, 2.75) is 27.2 Å². The number of nitrogens with two attached hydrogens (primary N) is 1. The monoisotopic (exact) mass is 129 g/mol. The average Bonchev–Trinajstić information content (AvgIpc) is 1.90. The van der Waals surface area contributed by atoms with Crippen LogP contribution in [0.25, 0.3) is 0 Å². The van der Waals surface area contributed by atoms with E-state index in [-0.39, 0.29) is 0 Å². The van der Waals surface area contributed by atoms with Crippen molar-refractivity contribution in [2.24, 2.45) is 5.73 Å². The molecule has 0 amide bonds. The lowest BCUT2D eigenvalue weighted by molar-refractivity contribution is 0.302. The molecule has 0 aliphatic carbocycles. The number of rotatable bonds is 4. The van der Waals surface area contributed by atoms with Crippen LogP contribution in [0.15, 0.2) is 0 Å². The highest BCUT2D eigenvalue weighted by Gasteiger charge is 2.07. The Bertz CT molecular complexity index is 59.9. The molecular formula is C7H17N2. The van der Waals surface area contributed by atoms with Crippen LogP contribution in [0.4, 0.5) is 0 Å². The van der Waals surface area contributed by atoms with E-state index in [0.717, 1.165) is 25.7 Å². The topological polar surface area (TPSA) is 29.3 Å². The molecular weight excluding hydrogens is 112 g/mol. The Morgan fingerprint density at radius 3 is 1.78 bits per heavy atom. The van der Waals surface area contributed by atoms with Gasteiger partial charge in [-0.15, -0.1) is 0 Å². The van der Waals surface area contributed by atoms with Gasteiger partial charge in [-0.25, -0.2) is 0 Å². The lowest BCUT2D eigenvalue weighted by Crippen LogP contribution is -2.33. The second kappa shape index (κ2) is 4.77. The van der Waals surface area contributed by atoms with Crippen molar-refractivity contribution < 1.29 is 0 Å². The van der Waals surface area contributed by atoms with Crippen LogP contribution < -0.4 is 5.73 Å². The summed E-state index contributed by atoms with van der Waals surface area (Å²) in [7, 11) is 0. The maximum Gasteiger partial charge on any atom is 0.101 e. The van der Waals surface area contributed by atoms with Crippen LogP contribution in [-0.4, -0.2) is 18.0 Å². The van der Waals surface area contributed by atoms with E-state index in [1.807, 2.05) is 0 Å². The minimum Gasteiger partial charge on any atom is -0.310 e. The van der Waals surface area contributed by atoms with Crippen LogP contribution in [0.2, 0.25) is 0 Å². The second-order valence-electron chi connectivity index (χ2n) is 2.02. The van der Waals surface area contributed by atoms with Gasteiger partial charge in [0.25, 0.3) is 0 Å². The van der Waals surface area contributed by atoms with Crippen molar-refractivity contribution in [3.05, 3.63) is 6.17 Å². The van der Waals surface area contributed by atoms with E-state index in [0.29, 0.717) is 0 Å². The first-order valence-electron chi connectivity index (χ1n) is 3.62. The Kier molecular flexibility index (Phi) is 4.72. The van der Waals surface area contributed by atoms with Gasteiger partial charge in [0.1, 0.15) is 6.17 Å². The van der Waals surface area contributed by atoms with E-state index in [1.54, 1.807) is 0 Å². The molecule has 0 spiro atoms. The highest BCUT2D eigenvalue weighted by atomic mass is 15.2. The molecule has 0 atom stereocenters. The van der Waals surface area contributed by atoms with Crippen molar-refractivity contribution in [2.75, 3.05) is 13.1 Å². The van der Waals surface area contributed by atoms with E-state index in [1.165, 1.54) is 0 Å². The van der Waals surface area contributed by atoms with Gasteiger partial charge in [0.15, 0.2) is 0 Å². The van der Waals surface area contributed by atoms with Gasteiger partial charge in [0.2, 0.25) is 0 Å². The second-order valence-corrected chi connectivity index (χ2v) is 2.02. The average molecular weight is 129 g/mol. The van der Waals surface area contributed by atoms with Crippen molar-refractivity contribution in [3.8, 4) is 0 Å². The van der Waals surface area contributed by atoms with E-state index >= 15 is 0 Å². The molecule has 2 N–H and O–H groups in total. The third-order valence-corrected chi connectivity index (χ3v) is 1.53. The zero-order valence-electron chi connectivity index (χ0n) is 6.65. The zero-order valence-corrected chi connectivity index (χ0v) is 6.65. The Morgan fingerprint density at radius 1 is 1.22 bits per heavy atom. The van der Waals surface area contributed by atoms with Gasteiger partial charge in [-0.2, -0.15) is 0 Å². The summed E-state index contributed by atoms with van der Waals surface area (Å²) in [5.41, 5.74) is 5.68. The standard InChI is InChI=1S/C7H17N2/c1-4-7(8)9(5-2)6-3/h4-6,8H2,1-3H3. The van der Waals surface area contributed by atoms with Gasteiger partial charge < -0.3 is 5.73 Å². The quantitative estimate of drug-likeness (QED) is 0.617. The molecule has 0 aromatic rings. The fraction of sp³-hybridized carbons (Fsp3) is 0.857. The third-order valence-electron chi connectivity index (χ3n) is 1.53. The van der Waals surface area contributed by atoms with Crippen molar-refractivity contribution in [3.63, 3.8) is 0 Å². The molecule has 0 saturated heterocycles. The molecule has 0 aromatic heterocycles. The van der Waals surface area contributed by atoms with Gasteiger partial charge in [-0.3, -0.25) is 4.90 Å². The lowest BCUT2D eigenvalue weighted by Gasteiger charge is -2.23. The molecule has 0 aliphatic rings. The van der Waals surface area contributed by atoms with Gasteiger partial charge in [-0.05, 0) is 19.5 Å². The van der Waals surface area contributed by atoms with Crippen LogP contribution in [0.3, 0.4) is 0 Å². The Labute approximate surface area is 58.0 Å². The SMILES string of the molecule is CC[C](N)N(CC)CC. The van der Waals surface area contributed by atoms with Crippen LogP contribution in [0.1, 0.15) is 27.2 Å². The van der Waals surface area contributed by atoms with Crippen molar-refractivity contribution >= 4 is 0 Å². The molecule has 0 unspecified atom stereocenters.